The third-order valence-corrected chi connectivity index (χ3v) is 6.62. The first-order valence-electron chi connectivity index (χ1n) is 8.64. The molecule has 22 heavy (non-hydrogen) atoms. The molecule has 0 unspecified atom stereocenters. The standard InChI is InChI=1S/C17H26O5/c1-10-4-5-13-11(2)14(7-9-18)19-15-17(13)12(10)6-8-16(3,20-15)21-22-17/h9-15H,4-8H2,1-3H3/t10-,11-,12+,13-,14-,15-,16-,17-/m1/s1. The van der Waals surface area contributed by atoms with Crippen LogP contribution in [0.3, 0.4) is 0 Å². The molecule has 5 fully saturated rings. The van der Waals surface area contributed by atoms with E-state index in [9.17, 15) is 4.79 Å². The summed E-state index contributed by atoms with van der Waals surface area (Å²) in [7, 11) is 0. The quantitative estimate of drug-likeness (QED) is 0.580. The van der Waals surface area contributed by atoms with Crippen LogP contribution in [0.1, 0.15) is 52.9 Å². The lowest BCUT2D eigenvalue weighted by atomic mass is 9.57. The Hall–Kier alpha value is -0.490. The fourth-order valence-electron chi connectivity index (χ4n) is 5.34. The van der Waals surface area contributed by atoms with E-state index in [4.69, 9.17) is 19.2 Å². The number of carbonyl (C=O) groups excluding carboxylic acids is 1. The van der Waals surface area contributed by atoms with Crippen LogP contribution in [0.5, 0.6) is 0 Å². The third-order valence-electron chi connectivity index (χ3n) is 6.62. The van der Waals surface area contributed by atoms with Crippen molar-refractivity contribution in [1.29, 1.82) is 0 Å². The van der Waals surface area contributed by atoms with Gasteiger partial charge in [-0.05, 0) is 43.9 Å². The van der Waals surface area contributed by atoms with Gasteiger partial charge >= 0.3 is 0 Å². The van der Waals surface area contributed by atoms with Crippen molar-refractivity contribution < 1.29 is 24.0 Å². The molecule has 5 aliphatic rings. The second-order valence-corrected chi connectivity index (χ2v) is 7.85. The van der Waals surface area contributed by atoms with Crippen molar-refractivity contribution in [2.75, 3.05) is 0 Å². The van der Waals surface area contributed by atoms with Crippen molar-refractivity contribution in [2.24, 2.45) is 23.7 Å². The molecule has 124 valence electrons. The zero-order chi connectivity index (χ0) is 15.5. The topological polar surface area (TPSA) is 54.0 Å². The van der Waals surface area contributed by atoms with E-state index in [1.54, 1.807) is 0 Å². The number of hydrogen-bond acceptors (Lipinski definition) is 5. The maximum Gasteiger partial charge on any atom is 0.201 e. The number of ether oxygens (including phenoxy) is 2. The summed E-state index contributed by atoms with van der Waals surface area (Å²) in [5.41, 5.74) is -0.507. The highest BCUT2D eigenvalue weighted by Gasteiger charge is 2.69. The maximum atomic E-state index is 11.0. The van der Waals surface area contributed by atoms with Crippen molar-refractivity contribution in [3.8, 4) is 0 Å². The predicted octanol–water partition coefficient (Wildman–Crippen LogP) is 2.83. The lowest BCUT2D eigenvalue weighted by Crippen LogP contribution is -2.70. The molecule has 1 spiro atoms. The van der Waals surface area contributed by atoms with Crippen LogP contribution in [0.25, 0.3) is 0 Å². The average molecular weight is 310 g/mol. The molecule has 2 bridgehead atoms. The molecule has 0 radical (unpaired) electrons. The predicted molar refractivity (Wildman–Crippen MR) is 77.5 cm³/mol. The van der Waals surface area contributed by atoms with Gasteiger partial charge in [0.05, 0.1) is 6.10 Å². The van der Waals surface area contributed by atoms with Crippen LogP contribution in [0, 0.1) is 23.7 Å². The molecule has 0 aromatic carbocycles. The summed E-state index contributed by atoms with van der Waals surface area (Å²) in [5, 5.41) is 0. The van der Waals surface area contributed by atoms with Gasteiger partial charge in [0.15, 0.2) is 11.9 Å². The number of aldehydes is 1. The van der Waals surface area contributed by atoms with E-state index in [2.05, 4.69) is 13.8 Å². The first kappa shape index (κ1) is 15.1. The monoisotopic (exact) mass is 310 g/mol. The second-order valence-electron chi connectivity index (χ2n) is 7.85. The zero-order valence-electron chi connectivity index (χ0n) is 13.6. The van der Waals surface area contributed by atoms with Gasteiger partial charge in [0.1, 0.15) is 6.29 Å². The van der Waals surface area contributed by atoms with Crippen LogP contribution < -0.4 is 0 Å². The van der Waals surface area contributed by atoms with Crippen LogP contribution in [0.2, 0.25) is 0 Å². The van der Waals surface area contributed by atoms with Gasteiger partial charge in [-0.2, -0.15) is 0 Å². The lowest BCUT2D eigenvalue weighted by molar-refractivity contribution is -0.570. The van der Waals surface area contributed by atoms with Gasteiger partial charge < -0.3 is 14.3 Å². The minimum absolute atomic E-state index is 0.0845. The summed E-state index contributed by atoms with van der Waals surface area (Å²) < 4.78 is 12.5. The maximum absolute atomic E-state index is 11.0. The Morgan fingerprint density at radius 3 is 2.73 bits per heavy atom. The van der Waals surface area contributed by atoms with Crippen LogP contribution in [0.15, 0.2) is 0 Å². The van der Waals surface area contributed by atoms with Crippen molar-refractivity contribution in [1.82, 2.24) is 0 Å². The van der Waals surface area contributed by atoms with Gasteiger partial charge in [0.25, 0.3) is 0 Å². The molecule has 5 heteroatoms. The summed E-state index contributed by atoms with van der Waals surface area (Å²) in [6.07, 6.45) is 5.01. The van der Waals surface area contributed by atoms with E-state index in [1.807, 2.05) is 6.92 Å². The minimum Gasteiger partial charge on any atom is -0.345 e. The van der Waals surface area contributed by atoms with Gasteiger partial charge in [0, 0.05) is 18.8 Å². The van der Waals surface area contributed by atoms with E-state index in [0.717, 1.165) is 25.5 Å². The Labute approximate surface area is 131 Å². The molecule has 0 amide bonds. The smallest absolute Gasteiger partial charge is 0.201 e. The van der Waals surface area contributed by atoms with E-state index in [0.29, 0.717) is 24.2 Å². The molecular formula is C17H26O5. The highest BCUT2D eigenvalue weighted by molar-refractivity contribution is 5.50. The Morgan fingerprint density at radius 2 is 1.95 bits per heavy atom. The Morgan fingerprint density at radius 1 is 1.14 bits per heavy atom. The van der Waals surface area contributed by atoms with Crippen LogP contribution >= 0.6 is 0 Å². The van der Waals surface area contributed by atoms with Gasteiger partial charge in [-0.25, -0.2) is 9.78 Å². The lowest BCUT2D eigenvalue weighted by Gasteiger charge is -2.60. The van der Waals surface area contributed by atoms with Crippen LogP contribution in [0.4, 0.5) is 0 Å². The van der Waals surface area contributed by atoms with Gasteiger partial charge in [-0.3, -0.25) is 0 Å². The fraction of sp³-hybridized carbons (Fsp3) is 0.941. The molecule has 8 atom stereocenters. The number of fused-ring (bicyclic) bond motifs is 2. The normalized spacial score (nSPS) is 57.0. The summed E-state index contributed by atoms with van der Waals surface area (Å²) >= 11 is 0. The van der Waals surface area contributed by atoms with Gasteiger partial charge in [-0.1, -0.05) is 13.8 Å². The Kier molecular flexibility index (Phi) is 3.42. The molecule has 0 aromatic heterocycles. The molecular weight excluding hydrogens is 284 g/mol. The summed E-state index contributed by atoms with van der Waals surface area (Å²) in [4.78, 5) is 22.8. The van der Waals surface area contributed by atoms with Crippen LogP contribution in [-0.2, 0) is 24.0 Å². The number of rotatable bonds is 2. The molecule has 1 aliphatic carbocycles. The minimum atomic E-state index is -0.732. The molecule has 4 aliphatic heterocycles. The highest BCUT2D eigenvalue weighted by Crippen LogP contribution is 2.60. The summed E-state index contributed by atoms with van der Waals surface area (Å²) in [5.74, 6) is 0.820. The van der Waals surface area contributed by atoms with Crippen LogP contribution in [-0.4, -0.2) is 30.1 Å². The van der Waals surface area contributed by atoms with Crippen molar-refractivity contribution in [3.63, 3.8) is 0 Å². The molecule has 4 saturated heterocycles. The SMILES string of the molecule is C[C@@H]1[C@H]2CC[C@@H](C)[C@@H]3CC[C@@]4(C)OO[C@@]23[C@H](O[C@@H]1CC=O)O4. The Bertz CT molecular complexity index is 468. The summed E-state index contributed by atoms with van der Waals surface area (Å²) in [6.45, 7) is 6.41. The number of hydrogen-bond donors (Lipinski definition) is 0. The molecule has 4 heterocycles. The molecule has 5 nitrogen and oxygen atoms in total. The van der Waals surface area contributed by atoms with Crippen molar-refractivity contribution in [2.45, 2.75) is 76.7 Å². The van der Waals surface area contributed by atoms with E-state index < -0.39 is 17.7 Å². The molecule has 0 aromatic rings. The number of carbonyl (C=O) groups is 1. The Balaban J connectivity index is 1.77. The first-order chi connectivity index (χ1) is 10.5. The van der Waals surface area contributed by atoms with Gasteiger partial charge in [-0.15, -0.1) is 0 Å². The summed E-state index contributed by atoms with van der Waals surface area (Å²) in [6, 6.07) is 0. The molecule has 5 rings (SSSR count). The van der Waals surface area contributed by atoms with Crippen molar-refractivity contribution in [3.05, 3.63) is 0 Å². The van der Waals surface area contributed by atoms with E-state index in [1.165, 1.54) is 6.42 Å². The zero-order valence-corrected chi connectivity index (χ0v) is 13.6. The fourth-order valence-corrected chi connectivity index (χ4v) is 5.34. The van der Waals surface area contributed by atoms with Crippen molar-refractivity contribution >= 4 is 6.29 Å². The first-order valence-corrected chi connectivity index (χ1v) is 8.64. The van der Waals surface area contributed by atoms with Gasteiger partial charge in [0.2, 0.25) is 5.79 Å². The molecule has 0 N–H and O–H groups in total. The largest absolute Gasteiger partial charge is 0.345 e. The average Bonchev–Trinajstić information content (AvgIpc) is 2.71. The third kappa shape index (κ3) is 1.89. The second kappa shape index (κ2) is 5.00. The molecule has 1 saturated carbocycles. The van der Waals surface area contributed by atoms with E-state index in [-0.39, 0.29) is 12.0 Å². The highest BCUT2D eigenvalue weighted by atomic mass is 17.3. The van der Waals surface area contributed by atoms with E-state index >= 15 is 0 Å².